The van der Waals surface area contributed by atoms with E-state index in [1.807, 2.05) is 22.9 Å². The van der Waals surface area contributed by atoms with E-state index in [4.69, 9.17) is 9.73 Å². The smallest absolute Gasteiger partial charge is 0.191 e. The fourth-order valence-electron chi connectivity index (χ4n) is 3.46. The third kappa shape index (κ3) is 5.06. The van der Waals surface area contributed by atoms with Gasteiger partial charge in [0.1, 0.15) is 12.4 Å². The van der Waals surface area contributed by atoms with E-state index in [9.17, 15) is 0 Å². The van der Waals surface area contributed by atoms with Crippen molar-refractivity contribution in [3.63, 3.8) is 0 Å². The van der Waals surface area contributed by atoms with Gasteiger partial charge in [0.2, 0.25) is 0 Å². The van der Waals surface area contributed by atoms with Gasteiger partial charge in [-0.05, 0) is 25.5 Å². The molecule has 0 saturated carbocycles. The molecule has 0 bridgehead atoms. The maximum absolute atomic E-state index is 5.14. The predicted molar refractivity (Wildman–Crippen MR) is 120 cm³/mol. The van der Waals surface area contributed by atoms with E-state index in [1.165, 1.54) is 4.70 Å². The van der Waals surface area contributed by atoms with Gasteiger partial charge in [0, 0.05) is 32.7 Å². The Morgan fingerprint density at radius 2 is 2.23 bits per heavy atom. The second-order valence-electron chi connectivity index (χ2n) is 7.11. The van der Waals surface area contributed by atoms with Crippen LogP contribution < -0.4 is 16.0 Å². The van der Waals surface area contributed by atoms with Crippen molar-refractivity contribution in [1.29, 1.82) is 0 Å². The van der Waals surface area contributed by atoms with E-state index in [2.05, 4.69) is 44.0 Å². The summed E-state index contributed by atoms with van der Waals surface area (Å²) in [4.78, 5) is 13.8. The first-order valence-electron chi connectivity index (χ1n) is 10.3. The number of ether oxygens (including phenoxy) is 1. The third-order valence-corrected chi connectivity index (χ3v) is 5.81. The number of hydrogen-bond donors (Lipinski definition) is 3. The van der Waals surface area contributed by atoms with Crippen molar-refractivity contribution in [2.24, 2.45) is 4.99 Å². The second-order valence-corrected chi connectivity index (χ2v) is 8.14. The van der Waals surface area contributed by atoms with Crippen molar-refractivity contribution < 1.29 is 4.74 Å². The molecule has 9 nitrogen and oxygen atoms in total. The maximum atomic E-state index is 5.14. The van der Waals surface area contributed by atoms with E-state index >= 15 is 0 Å². The van der Waals surface area contributed by atoms with Crippen LogP contribution in [0.25, 0.3) is 10.2 Å². The van der Waals surface area contributed by atoms with Gasteiger partial charge in [0.05, 0.1) is 23.3 Å². The molecule has 0 radical (unpaired) electrons. The van der Waals surface area contributed by atoms with Crippen molar-refractivity contribution in [1.82, 2.24) is 30.4 Å². The van der Waals surface area contributed by atoms with Crippen LogP contribution in [0.4, 0.5) is 5.13 Å². The lowest BCUT2D eigenvalue weighted by molar-refractivity contribution is 0.177. The molecule has 1 aliphatic rings. The number of anilines is 1. The lowest BCUT2D eigenvalue weighted by Crippen LogP contribution is -2.47. The number of nitrogens with zero attached hydrogens (tertiary/aromatic N) is 5. The zero-order chi connectivity index (χ0) is 20.8. The van der Waals surface area contributed by atoms with Gasteiger partial charge >= 0.3 is 0 Å². The van der Waals surface area contributed by atoms with E-state index < -0.39 is 0 Å². The Balaban J connectivity index is 1.30. The summed E-state index contributed by atoms with van der Waals surface area (Å²) in [7, 11) is 1.66. The summed E-state index contributed by atoms with van der Waals surface area (Å²) in [5.74, 6) is 2.60. The number of benzene rings is 1. The molecule has 4 rings (SSSR count). The first-order valence-corrected chi connectivity index (χ1v) is 11.1. The van der Waals surface area contributed by atoms with E-state index in [-0.39, 0.29) is 6.04 Å². The van der Waals surface area contributed by atoms with Crippen LogP contribution in [-0.4, -0.2) is 58.5 Å². The van der Waals surface area contributed by atoms with Crippen molar-refractivity contribution >= 4 is 32.6 Å². The van der Waals surface area contributed by atoms with E-state index in [0.29, 0.717) is 13.2 Å². The molecular weight excluding hydrogens is 400 g/mol. The maximum Gasteiger partial charge on any atom is 0.191 e. The summed E-state index contributed by atoms with van der Waals surface area (Å²) in [6, 6.07) is 8.44. The molecule has 160 valence electrons. The first-order chi connectivity index (χ1) is 14.7. The van der Waals surface area contributed by atoms with Gasteiger partial charge in [-0.25, -0.2) is 14.6 Å². The normalized spacial score (nSPS) is 16.5. The molecular formula is C20H28N8OS. The van der Waals surface area contributed by atoms with Crippen molar-refractivity contribution in [3.8, 4) is 0 Å². The molecule has 0 spiro atoms. The lowest BCUT2D eigenvalue weighted by atomic mass is 10.1. The summed E-state index contributed by atoms with van der Waals surface area (Å²) >= 11 is 1.67. The second kappa shape index (κ2) is 9.86. The van der Waals surface area contributed by atoms with Gasteiger partial charge in [-0.3, -0.25) is 4.99 Å². The Hall–Kier alpha value is -2.72. The summed E-state index contributed by atoms with van der Waals surface area (Å²) < 4.78 is 8.31. The molecule has 0 fully saturated rings. The predicted octanol–water partition coefficient (Wildman–Crippen LogP) is 2.02. The molecule has 2 aromatic heterocycles. The first kappa shape index (κ1) is 20.5. The number of guanidine groups is 1. The van der Waals surface area contributed by atoms with Crippen molar-refractivity contribution in [2.75, 3.05) is 32.1 Å². The van der Waals surface area contributed by atoms with Gasteiger partial charge in [0.25, 0.3) is 0 Å². The standard InChI is InChI=1S/C20H28N8OS/c1-3-21-19(22-10-11-23-20-25-15-6-4-5-7-16(15)30-20)24-14-8-9-18-26-17(13-29-2)27-28(18)12-14/h4-7,14H,3,8-13H2,1-2H3,(H,23,25)(H2,21,22,24). The number of nitrogens with one attached hydrogen (secondary N) is 3. The van der Waals surface area contributed by atoms with Crippen LogP contribution in [0.3, 0.4) is 0 Å². The summed E-state index contributed by atoms with van der Waals surface area (Å²) in [6.45, 7) is 5.50. The Labute approximate surface area is 180 Å². The van der Waals surface area contributed by atoms with E-state index in [1.54, 1.807) is 18.4 Å². The highest BCUT2D eigenvalue weighted by Gasteiger charge is 2.22. The molecule has 3 heterocycles. The number of para-hydroxylation sites is 1. The van der Waals surface area contributed by atoms with Gasteiger partial charge < -0.3 is 20.7 Å². The molecule has 0 aliphatic carbocycles. The van der Waals surface area contributed by atoms with Gasteiger partial charge in [-0.1, -0.05) is 23.5 Å². The van der Waals surface area contributed by atoms with Gasteiger partial charge in [-0.2, -0.15) is 5.10 Å². The van der Waals surface area contributed by atoms with Crippen LogP contribution in [0.15, 0.2) is 29.3 Å². The molecule has 1 aliphatic heterocycles. The Morgan fingerprint density at radius 1 is 1.33 bits per heavy atom. The molecule has 0 saturated heterocycles. The Morgan fingerprint density at radius 3 is 3.07 bits per heavy atom. The van der Waals surface area contributed by atoms with Crippen LogP contribution in [-0.2, 0) is 24.3 Å². The molecule has 3 N–H and O–H groups in total. The Kier molecular flexibility index (Phi) is 6.75. The molecule has 10 heteroatoms. The number of fused-ring (bicyclic) bond motifs is 2. The summed E-state index contributed by atoms with van der Waals surface area (Å²) in [5.41, 5.74) is 1.03. The number of thiazole rings is 1. The molecule has 1 unspecified atom stereocenters. The molecule has 1 aromatic carbocycles. The van der Waals surface area contributed by atoms with Gasteiger partial charge in [0.15, 0.2) is 16.9 Å². The zero-order valence-corrected chi connectivity index (χ0v) is 18.2. The third-order valence-electron chi connectivity index (χ3n) is 4.81. The highest BCUT2D eigenvalue weighted by atomic mass is 32.1. The van der Waals surface area contributed by atoms with Crippen LogP contribution >= 0.6 is 11.3 Å². The average Bonchev–Trinajstić information content (AvgIpc) is 3.34. The highest BCUT2D eigenvalue weighted by molar-refractivity contribution is 7.22. The zero-order valence-electron chi connectivity index (χ0n) is 17.4. The number of hydrogen-bond acceptors (Lipinski definition) is 7. The Bertz CT molecular complexity index is 965. The lowest BCUT2D eigenvalue weighted by Gasteiger charge is -2.25. The molecule has 1 atom stereocenters. The number of methoxy groups -OCH3 is 1. The van der Waals surface area contributed by atoms with E-state index in [0.717, 1.165) is 60.7 Å². The van der Waals surface area contributed by atoms with Crippen LogP contribution in [0.1, 0.15) is 25.0 Å². The quantitative estimate of drug-likeness (QED) is 0.287. The fraction of sp³-hybridized carbons (Fsp3) is 0.500. The fourth-order valence-corrected chi connectivity index (χ4v) is 4.35. The number of aromatic nitrogens is 4. The average molecular weight is 429 g/mol. The largest absolute Gasteiger partial charge is 0.377 e. The van der Waals surface area contributed by atoms with Crippen LogP contribution in [0, 0.1) is 0 Å². The topological polar surface area (TPSA) is 101 Å². The summed E-state index contributed by atoms with van der Waals surface area (Å²) in [6.07, 6.45) is 1.90. The number of aryl methyl sites for hydroxylation is 1. The molecule has 0 amide bonds. The summed E-state index contributed by atoms with van der Waals surface area (Å²) in [5, 5.41) is 15.7. The minimum atomic E-state index is 0.268. The van der Waals surface area contributed by atoms with Crippen molar-refractivity contribution in [3.05, 3.63) is 35.9 Å². The molecule has 30 heavy (non-hydrogen) atoms. The minimum Gasteiger partial charge on any atom is -0.377 e. The minimum absolute atomic E-state index is 0.268. The monoisotopic (exact) mass is 428 g/mol. The number of aliphatic imine (C=N–C) groups is 1. The molecule has 3 aromatic rings. The number of rotatable bonds is 8. The highest BCUT2D eigenvalue weighted by Crippen LogP contribution is 2.25. The van der Waals surface area contributed by atoms with Crippen molar-refractivity contribution in [2.45, 2.75) is 39.0 Å². The van der Waals surface area contributed by atoms with Crippen LogP contribution in [0.5, 0.6) is 0 Å². The van der Waals surface area contributed by atoms with Crippen LogP contribution in [0.2, 0.25) is 0 Å². The van der Waals surface area contributed by atoms with Gasteiger partial charge in [-0.15, -0.1) is 0 Å². The SMILES string of the molecule is CCNC(=NCCNc1nc2ccccc2s1)NC1CCc2nc(COC)nn2C1.